The van der Waals surface area contributed by atoms with Crippen LogP contribution in [0.15, 0.2) is 69.4 Å². The zero-order chi connectivity index (χ0) is 20.1. The average Bonchev–Trinajstić information content (AvgIpc) is 3.09. The lowest BCUT2D eigenvalue weighted by Crippen LogP contribution is -2.25. The number of carbonyl (C=O) groups excluding carboxylic acids is 1. The van der Waals surface area contributed by atoms with Crippen LogP contribution in [0.3, 0.4) is 0 Å². The summed E-state index contributed by atoms with van der Waals surface area (Å²) in [5.41, 5.74) is 1.73. The van der Waals surface area contributed by atoms with Gasteiger partial charge in [0.15, 0.2) is 4.91 Å². The normalized spacial score (nSPS) is 16.1. The first-order valence-electron chi connectivity index (χ1n) is 8.98. The molecule has 0 unspecified atom stereocenters. The van der Waals surface area contributed by atoms with Crippen molar-refractivity contribution < 1.29 is 13.2 Å². The molecular formula is C21H20N2O3S2. The molecule has 1 aliphatic rings. The van der Waals surface area contributed by atoms with E-state index < -0.39 is 14.7 Å². The van der Waals surface area contributed by atoms with Gasteiger partial charge in [-0.3, -0.25) is 9.69 Å². The highest BCUT2D eigenvalue weighted by Crippen LogP contribution is 2.38. The van der Waals surface area contributed by atoms with Crippen molar-refractivity contribution in [2.45, 2.75) is 31.1 Å². The minimum atomic E-state index is -4.02. The van der Waals surface area contributed by atoms with Gasteiger partial charge in [-0.15, -0.1) is 0 Å². The molecule has 0 aromatic heterocycles. The first-order chi connectivity index (χ1) is 13.5. The predicted octanol–water partition coefficient (Wildman–Crippen LogP) is 4.28. The largest absolute Gasteiger partial charge is 0.273 e. The van der Waals surface area contributed by atoms with Crippen molar-refractivity contribution in [3.05, 3.63) is 70.1 Å². The number of rotatable bonds is 6. The number of carbonyl (C=O) groups is 1. The number of sulfone groups is 1. The fourth-order valence-corrected chi connectivity index (χ4v) is 5.53. The Morgan fingerprint density at radius 3 is 2.43 bits per heavy atom. The van der Waals surface area contributed by atoms with Crippen LogP contribution < -0.4 is 4.90 Å². The number of nitriles is 1. The number of aryl methyl sites for hydroxylation is 1. The lowest BCUT2D eigenvalue weighted by Gasteiger charge is -2.19. The lowest BCUT2D eigenvalue weighted by atomic mass is 10.1. The minimum Gasteiger partial charge on any atom is -0.273 e. The molecule has 0 saturated carbocycles. The summed E-state index contributed by atoms with van der Waals surface area (Å²) in [5, 5.41) is 9.80. The Kier molecular flexibility index (Phi) is 6.22. The van der Waals surface area contributed by atoms with Gasteiger partial charge in [0.2, 0.25) is 15.7 Å². The molecule has 1 fully saturated rings. The summed E-state index contributed by atoms with van der Waals surface area (Å²) in [5.74, 6) is -0.139. The maximum absolute atomic E-state index is 13.0. The Morgan fingerprint density at radius 1 is 1.14 bits per heavy atom. The molecule has 144 valence electrons. The van der Waals surface area contributed by atoms with E-state index in [1.54, 1.807) is 30.3 Å². The van der Waals surface area contributed by atoms with Crippen molar-refractivity contribution in [3.63, 3.8) is 0 Å². The van der Waals surface area contributed by atoms with E-state index in [0.717, 1.165) is 36.6 Å². The molecular weight excluding hydrogens is 392 g/mol. The van der Waals surface area contributed by atoms with E-state index in [9.17, 15) is 18.5 Å². The maximum Gasteiger partial charge on any atom is 0.242 e. The summed E-state index contributed by atoms with van der Waals surface area (Å²) in [6.07, 6.45) is 3.13. The van der Waals surface area contributed by atoms with Gasteiger partial charge in [-0.25, -0.2) is 8.42 Å². The van der Waals surface area contributed by atoms with Crippen LogP contribution in [0.5, 0.6) is 0 Å². The fourth-order valence-electron chi connectivity index (χ4n) is 2.93. The van der Waals surface area contributed by atoms with Crippen LogP contribution in [0.4, 0.5) is 5.69 Å². The van der Waals surface area contributed by atoms with Crippen LogP contribution in [-0.2, 0) is 21.1 Å². The van der Waals surface area contributed by atoms with E-state index in [4.69, 9.17) is 0 Å². The first kappa shape index (κ1) is 20.2. The number of unbranched alkanes of at least 4 members (excludes halogenated alkanes) is 1. The number of thioether (sulfide) groups is 1. The fraction of sp³-hybridized carbons (Fsp3) is 0.238. The molecule has 2 aromatic carbocycles. The van der Waals surface area contributed by atoms with Gasteiger partial charge in [0.05, 0.1) is 10.6 Å². The molecule has 1 amide bonds. The van der Waals surface area contributed by atoms with E-state index in [0.29, 0.717) is 5.69 Å². The molecule has 5 nitrogen and oxygen atoms in total. The van der Waals surface area contributed by atoms with Crippen LogP contribution >= 0.6 is 11.8 Å². The van der Waals surface area contributed by atoms with Gasteiger partial charge in [-0.1, -0.05) is 55.4 Å². The third kappa shape index (κ3) is 3.98. The average molecular weight is 413 g/mol. The molecule has 3 rings (SSSR count). The third-order valence-corrected chi connectivity index (χ3v) is 7.31. The number of hydrogen-bond donors (Lipinski definition) is 0. The summed E-state index contributed by atoms with van der Waals surface area (Å²) in [7, 11) is -4.02. The van der Waals surface area contributed by atoms with Gasteiger partial charge in [0.25, 0.3) is 0 Å². The van der Waals surface area contributed by atoms with Crippen LogP contribution in [0.1, 0.15) is 25.3 Å². The molecule has 28 heavy (non-hydrogen) atoms. The molecule has 7 heteroatoms. The summed E-state index contributed by atoms with van der Waals surface area (Å²) in [4.78, 5) is 13.5. The van der Waals surface area contributed by atoms with Crippen molar-refractivity contribution in [1.82, 2.24) is 0 Å². The molecule has 1 saturated heterocycles. The molecule has 0 N–H and O–H groups in total. The highest BCUT2D eigenvalue weighted by atomic mass is 32.2. The Labute approximate surface area is 169 Å². The standard InChI is InChI=1S/C21H20N2O3S2/c1-2-3-7-16-10-12-17(13-11-16)23-20(24)15-27-21(23)19(14-22)28(25,26)18-8-5-4-6-9-18/h4-6,8-13H,2-3,7,15H2,1H3/b21-19-. The highest BCUT2D eigenvalue weighted by molar-refractivity contribution is 8.05. The molecule has 0 spiro atoms. The quantitative estimate of drug-likeness (QED) is 0.662. The summed E-state index contributed by atoms with van der Waals surface area (Å²) < 4.78 is 25.9. The Balaban J connectivity index is 2.04. The molecule has 1 heterocycles. The zero-order valence-electron chi connectivity index (χ0n) is 15.5. The summed E-state index contributed by atoms with van der Waals surface area (Å²) >= 11 is 1.08. The van der Waals surface area contributed by atoms with E-state index >= 15 is 0 Å². The smallest absolute Gasteiger partial charge is 0.242 e. The molecule has 0 bridgehead atoms. The van der Waals surface area contributed by atoms with Crippen LogP contribution in [0.25, 0.3) is 0 Å². The van der Waals surface area contributed by atoms with Crippen molar-refractivity contribution >= 4 is 33.2 Å². The second-order valence-corrected chi connectivity index (χ2v) is 9.20. The van der Waals surface area contributed by atoms with Gasteiger partial charge >= 0.3 is 0 Å². The number of amides is 1. The van der Waals surface area contributed by atoms with Gasteiger partial charge in [0, 0.05) is 5.69 Å². The first-order valence-corrected chi connectivity index (χ1v) is 11.4. The summed E-state index contributed by atoms with van der Waals surface area (Å²) in [6.45, 7) is 2.13. The molecule has 0 atom stereocenters. The molecule has 2 aromatic rings. The van der Waals surface area contributed by atoms with Crippen molar-refractivity contribution in [2.24, 2.45) is 0 Å². The Bertz CT molecular complexity index is 1040. The predicted molar refractivity (Wildman–Crippen MR) is 111 cm³/mol. The number of allylic oxidation sites excluding steroid dienone is 1. The van der Waals surface area contributed by atoms with Gasteiger partial charge < -0.3 is 0 Å². The Hall–Kier alpha value is -2.56. The summed E-state index contributed by atoms with van der Waals surface area (Å²) in [6, 6.07) is 17.1. The SMILES string of the molecule is CCCCc1ccc(N2C(=O)CS/C2=C(/C#N)S(=O)(=O)c2ccccc2)cc1. The van der Waals surface area contributed by atoms with Crippen molar-refractivity contribution in [3.8, 4) is 6.07 Å². The highest BCUT2D eigenvalue weighted by Gasteiger charge is 2.36. The number of benzene rings is 2. The van der Waals surface area contributed by atoms with Gasteiger partial charge in [-0.2, -0.15) is 5.26 Å². The number of anilines is 1. The molecule has 1 aliphatic heterocycles. The van der Waals surface area contributed by atoms with Gasteiger partial charge in [-0.05, 0) is 42.7 Å². The number of hydrogen-bond acceptors (Lipinski definition) is 5. The van der Waals surface area contributed by atoms with Crippen molar-refractivity contribution in [2.75, 3.05) is 10.7 Å². The third-order valence-electron chi connectivity index (χ3n) is 4.42. The van der Waals surface area contributed by atoms with E-state index in [2.05, 4.69) is 6.92 Å². The Morgan fingerprint density at radius 2 is 1.82 bits per heavy atom. The van der Waals surface area contributed by atoms with Crippen LogP contribution in [0.2, 0.25) is 0 Å². The van der Waals surface area contributed by atoms with E-state index in [-0.39, 0.29) is 21.6 Å². The molecule has 0 radical (unpaired) electrons. The van der Waals surface area contributed by atoms with E-state index in [1.165, 1.54) is 17.0 Å². The van der Waals surface area contributed by atoms with Crippen LogP contribution in [0, 0.1) is 11.3 Å². The zero-order valence-corrected chi connectivity index (χ0v) is 17.1. The van der Waals surface area contributed by atoms with Crippen molar-refractivity contribution in [1.29, 1.82) is 5.26 Å². The van der Waals surface area contributed by atoms with E-state index in [1.807, 2.05) is 18.2 Å². The maximum atomic E-state index is 13.0. The lowest BCUT2D eigenvalue weighted by molar-refractivity contribution is -0.115. The molecule has 0 aliphatic carbocycles. The minimum absolute atomic E-state index is 0.0360. The topological polar surface area (TPSA) is 78.2 Å². The second kappa shape index (κ2) is 8.63. The second-order valence-electron chi connectivity index (χ2n) is 6.35. The monoisotopic (exact) mass is 412 g/mol. The van der Waals surface area contributed by atoms with Crippen LogP contribution in [-0.4, -0.2) is 20.1 Å². The van der Waals surface area contributed by atoms with Gasteiger partial charge in [0.1, 0.15) is 11.1 Å². The number of nitrogens with zero attached hydrogens (tertiary/aromatic N) is 2.